The minimum Gasteiger partial charge on any atom is -0.486 e. The van der Waals surface area contributed by atoms with Crippen LogP contribution in [0.15, 0.2) is 36.5 Å². The summed E-state index contributed by atoms with van der Waals surface area (Å²) in [6, 6.07) is 11.0. The van der Waals surface area contributed by atoms with E-state index in [1.807, 2.05) is 12.3 Å². The maximum absolute atomic E-state index is 5.76. The fourth-order valence-electron chi connectivity index (χ4n) is 3.38. The number of aromatic nitrogens is 1. The second-order valence-electron chi connectivity index (χ2n) is 7.14. The van der Waals surface area contributed by atoms with Gasteiger partial charge < -0.3 is 19.7 Å². The van der Waals surface area contributed by atoms with Crippen molar-refractivity contribution >= 4 is 5.82 Å². The van der Waals surface area contributed by atoms with Crippen LogP contribution in [0.5, 0.6) is 11.5 Å². The number of nitrogens with one attached hydrogen (secondary N) is 1. The molecule has 5 heteroatoms. The number of benzene rings is 1. The largest absolute Gasteiger partial charge is 0.486 e. The summed E-state index contributed by atoms with van der Waals surface area (Å²) in [5.41, 5.74) is 2.49. The summed E-state index contributed by atoms with van der Waals surface area (Å²) in [7, 11) is 2.06. The fraction of sp³-hybridized carbons (Fsp3) is 0.476. The lowest BCUT2D eigenvalue weighted by molar-refractivity contribution is 0.171. The molecule has 1 aromatic carbocycles. The SMILES string of the molecule is CCN(C)c1ccc(CNC(c2ccc3c(c2)OCCO3)C2CC2)cn1. The number of hydrogen-bond donors (Lipinski definition) is 1. The molecular weight excluding hydrogens is 326 g/mol. The molecule has 5 nitrogen and oxygen atoms in total. The standard InChI is InChI=1S/C21H27N3O2/c1-3-24(2)20-9-4-15(13-22-20)14-23-21(16-5-6-16)17-7-8-18-19(12-17)26-11-10-25-18/h4,7-9,12-13,16,21,23H,3,5-6,10-11,14H2,1-2H3. The van der Waals surface area contributed by atoms with E-state index >= 15 is 0 Å². The number of pyridine rings is 1. The van der Waals surface area contributed by atoms with Crippen molar-refractivity contribution in [2.75, 3.05) is 31.7 Å². The summed E-state index contributed by atoms with van der Waals surface area (Å²) in [6.07, 6.45) is 4.54. The summed E-state index contributed by atoms with van der Waals surface area (Å²) in [4.78, 5) is 6.71. The summed E-state index contributed by atoms with van der Waals surface area (Å²) in [5.74, 6) is 3.45. The number of rotatable bonds is 7. The van der Waals surface area contributed by atoms with Crippen LogP contribution >= 0.6 is 0 Å². The number of anilines is 1. The third-order valence-electron chi connectivity index (χ3n) is 5.22. The van der Waals surface area contributed by atoms with Gasteiger partial charge in [0.25, 0.3) is 0 Å². The highest BCUT2D eigenvalue weighted by atomic mass is 16.6. The van der Waals surface area contributed by atoms with Gasteiger partial charge in [-0.05, 0) is 55.0 Å². The van der Waals surface area contributed by atoms with Gasteiger partial charge in [0.2, 0.25) is 0 Å². The van der Waals surface area contributed by atoms with Gasteiger partial charge in [0.15, 0.2) is 11.5 Å². The van der Waals surface area contributed by atoms with Crippen molar-refractivity contribution in [3.8, 4) is 11.5 Å². The van der Waals surface area contributed by atoms with Crippen LogP contribution in [0.2, 0.25) is 0 Å². The van der Waals surface area contributed by atoms with Crippen LogP contribution in [0, 0.1) is 5.92 Å². The van der Waals surface area contributed by atoms with E-state index in [4.69, 9.17) is 9.47 Å². The molecule has 0 bridgehead atoms. The van der Waals surface area contributed by atoms with Crippen molar-refractivity contribution in [1.82, 2.24) is 10.3 Å². The Hall–Kier alpha value is -2.27. The third-order valence-corrected chi connectivity index (χ3v) is 5.22. The first-order valence-electron chi connectivity index (χ1n) is 9.53. The molecule has 0 amide bonds. The van der Waals surface area contributed by atoms with E-state index in [0.717, 1.165) is 30.4 Å². The van der Waals surface area contributed by atoms with Gasteiger partial charge in [0.1, 0.15) is 19.0 Å². The van der Waals surface area contributed by atoms with Crippen LogP contribution in [0.25, 0.3) is 0 Å². The third kappa shape index (κ3) is 3.78. The highest BCUT2D eigenvalue weighted by Gasteiger charge is 2.32. The van der Waals surface area contributed by atoms with Gasteiger partial charge in [0, 0.05) is 32.4 Å². The molecule has 1 atom stereocenters. The minimum atomic E-state index is 0.351. The lowest BCUT2D eigenvalue weighted by Crippen LogP contribution is -2.23. The molecule has 138 valence electrons. The summed E-state index contributed by atoms with van der Waals surface area (Å²) < 4.78 is 11.4. The minimum absolute atomic E-state index is 0.351. The zero-order valence-corrected chi connectivity index (χ0v) is 15.6. The van der Waals surface area contributed by atoms with Crippen LogP contribution in [-0.4, -0.2) is 31.8 Å². The fourth-order valence-corrected chi connectivity index (χ4v) is 3.38. The van der Waals surface area contributed by atoms with Crippen LogP contribution in [0.3, 0.4) is 0 Å². The molecule has 26 heavy (non-hydrogen) atoms. The Morgan fingerprint density at radius 2 is 1.96 bits per heavy atom. The summed E-state index contributed by atoms with van der Waals surface area (Å²) in [6.45, 7) is 5.16. The van der Waals surface area contributed by atoms with Crippen LogP contribution in [0.1, 0.15) is 36.9 Å². The molecule has 2 heterocycles. The van der Waals surface area contributed by atoms with Crippen molar-refractivity contribution in [2.24, 2.45) is 5.92 Å². The Kier molecular flexibility index (Phi) is 4.98. The van der Waals surface area contributed by atoms with Gasteiger partial charge in [-0.3, -0.25) is 0 Å². The van der Waals surface area contributed by atoms with Gasteiger partial charge in [-0.1, -0.05) is 12.1 Å². The number of fused-ring (bicyclic) bond motifs is 1. The molecule has 0 spiro atoms. The molecule has 2 aromatic rings. The van der Waals surface area contributed by atoms with Gasteiger partial charge in [-0.2, -0.15) is 0 Å². The summed E-state index contributed by atoms with van der Waals surface area (Å²) >= 11 is 0. The van der Waals surface area contributed by atoms with Crippen molar-refractivity contribution in [1.29, 1.82) is 0 Å². The van der Waals surface area contributed by atoms with E-state index in [1.165, 1.54) is 24.0 Å². The molecule has 1 aliphatic carbocycles. The van der Waals surface area contributed by atoms with Gasteiger partial charge in [-0.15, -0.1) is 0 Å². The Morgan fingerprint density at radius 1 is 1.15 bits per heavy atom. The maximum atomic E-state index is 5.76. The predicted molar refractivity (Wildman–Crippen MR) is 103 cm³/mol. The zero-order valence-electron chi connectivity index (χ0n) is 15.6. The predicted octanol–water partition coefficient (Wildman–Crippen LogP) is 3.55. The molecule has 4 rings (SSSR count). The molecule has 1 aliphatic heterocycles. The lowest BCUT2D eigenvalue weighted by Gasteiger charge is -2.23. The first kappa shape index (κ1) is 17.2. The average Bonchev–Trinajstić information content (AvgIpc) is 3.53. The molecule has 0 saturated heterocycles. The zero-order chi connectivity index (χ0) is 17.9. The molecule has 0 radical (unpaired) electrons. The van der Waals surface area contributed by atoms with E-state index in [-0.39, 0.29) is 0 Å². The highest BCUT2D eigenvalue weighted by molar-refractivity contribution is 5.45. The molecule has 1 saturated carbocycles. The molecule has 1 unspecified atom stereocenters. The van der Waals surface area contributed by atoms with Crippen molar-refractivity contribution in [2.45, 2.75) is 32.4 Å². The Bertz CT molecular complexity index is 743. The maximum Gasteiger partial charge on any atom is 0.161 e. The quantitative estimate of drug-likeness (QED) is 0.825. The molecule has 1 fully saturated rings. The topological polar surface area (TPSA) is 46.6 Å². The number of hydrogen-bond acceptors (Lipinski definition) is 5. The molecular formula is C21H27N3O2. The van der Waals surface area contributed by atoms with E-state index in [1.54, 1.807) is 0 Å². The molecule has 1 aromatic heterocycles. The van der Waals surface area contributed by atoms with Crippen LogP contribution < -0.4 is 19.7 Å². The van der Waals surface area contributed by atoms with Gasteiger partial charge in [-0.25, -0.2) is 4.98 Å². The van der Waals surface area contributed by atoms with E-state index in [0.29, 0.717) is 25.2 Å². The second-order valence-corrected chi connectivity index (χ2v) is 7.14. The van der Waals surface area contributed by atoms with Gasteiger partial charge in [0.05, 0.1) is 0 Å². The average molecular weight is 353 g/mol. The monoisotopic (exact) mass is 353 g/mol. The van der Waals surface area contributed by atoms with E-state index in [2.05, 4.69) is 53.4 Å². The van der Waals surface area contributed by atoms with Crippen molar-refractivity contribution < 1.29 is 9.47 Å². The number of ether oxygens (including phenoxy) is 2. The van der Waals surface area contributed by atoms with Crippen molar-refractivity contribution in [3.63, 3.8) is 0 Å². The van der Waals surface area contributed by atoms with E-state index in [9.17, 15) is 0 Å². The van der Waals surface area contributed by atoms with E-state index < -0.39 is 0 Å². The lowest BCUT2D eigenvalue weighted by atomic mass is 10.0. The van der Waals surface area contributed by atoms with Crippen LogP contribution in [0.4, 0.5) is 5.82 Å². The summed E-state index contributed by atoms with van der Waals surface area (Å²) in [5, 5.41) is 3.73. The highest BCUT2D eigenvalue weighted by Crippen LogP contribution is 2.43. The Morgan fingerprint density at radius 3 is 2.65 bits per heavy atom. The Balaban J connectivity index is 1.44. The first-order valence-corrected chi connectivity index (χ1v) is 9.53. The Labute approximate surface area is 155 Å². The first-order chi connectivity index (χ1) is 12.7. The molecule has 2 aliphatic rings. The number of nitrogens with zero attached hydrogens (tertiary/aromatic N) is 2. The second kappa shape index (κ2) is 7.54. The molecule has 1 N–H and O–H groups in total. The van der Waals surface area contributed by atoms with Crippen LogP contribution in [-0.2, 0) is 6.54 Å². The van der Waals surface area contributed by atoms with Gasteiger partial charge >= 0.3 is 0 Å². The van der Waals surface area contributed by atoms with Crippen molar-refractivity contribution in [3.05, 3.63) is 47.7 Å². The smallest absolute Gasteiger partial charge is 0.161 e. The normalized spacial score (nSPS) is 17.0.